The predicted octanol–water partition coefficient (Wildman–Crippen LogP) is 3.13. The van der Waals surface area contributed by atoms with E-state index in [9.17, 15) is 9.59 Å². The van der Waals surface area contributed by atoms with Crippen molar-refractivity contribution in [2.45, 2.75) is 31.3 Å². The molecule has 3 atom stereocenters. The zero-order valence-corrected chi connectivity index (χ0v) is 16.7. The van der Waals surface area contributed by atoms with Gasteiger partial charge in [0.25, 0.3) is 0 Å². The number of benzene rings is 1. The van der Waals surface area contributed by atoms with Gasteiger partial charge in [0, 0.05) is 31.1 Å². The highest BCUT2D eigenvalue weighted by atomic mass is 19.1. The number of nitrogens with zero attached hydrogens (tertiary/aromatic N) is 2. The van der Waals surface area contributed by atoms with E-state index in [-0.39, 0.29) is 17.2 Å². The average molecular weight is 413 g/mol. The van der Waals surface area contributed by atoms with Crippen LogP contribution in [-0.2, 0) is 0 Å². The first kappa shape index (κ1) is 19.1. The molecule has 2 aliphatic carbocycles. The SMILES string of the molecule is CNC1CC=CC2CN(c3cc4c(cc3F)c(=O)c(OC(=O)O)cn4C3CC3)CC21. The van der Waals surface area contributed by atoms with Gasteiger partial charge in [-0.05, 0) is 44.4 Å². The summed E-state index contributed by atoms with van der Waals surface area (Å²) in [4.78, 5) is 25.8. The Balaban J connectivity index is 1.59. The van der Waals surface area contributed by atoms with E-state index in [2.05, 4.69) is 27.1 Å². The number of halogens is 1. The minimum absolute atomic E-state index is 0.145. The van der Waals surface area contributed by atoms with Crippen LogP contribution in [0.4, 0.5) is 14.9 Å². The van der Waals surface area contributed by atoms with Crippen LogP contribution in [0.15, 0.2) is 35.3 Å². The van der Waals surface area contributed by atoms with Gasteiger partial charge < -0.3 is 24.6 Å². The molecule has 5 rings (SSSR count). The van der Waals surface area contributed by atoms with Crippen LogP contribution in [0.25, 0.3) is 10.9 Å². The largest absolute Gasteiger partial charge is 0.511 e. The molecule has 8 heteroatoms. The van der Waals surface area contributed by atoms with Crippen LogP contribution in [0.5, 0.6) is 5.75 Å². The van der Waals surface area contributed by atoms with Gasteiger partial charge in [0.2, 0.25) is 5.43 Å². The number of hydrogen-bond donors (Lipinski definition) is 2. The highest BCUT2D eigenvalue weighted by molar-refractivity contribution is 5.85. The molecule has 2 heterocycles. The number of nitrogens with one attached hydrogen (secondary N) is 1. The highest BCUT2D eigenvalue weighted by Gasteiger charge is 2.38. The van der Waals surface area contributed by atoms with Crippen molar-refractivity contribution in [3.8, 4) is 5.75 Å². The van der Waals surface area contributed by atoms with Gasteiger partial charge >= 0.3 is 6.16 Å². The molecule has 0 amide bonds. The van der Waals surface area contributed by atoms with Crippen LogP contribution >= 0.6 is 0 Å². The first-order valence-electron chi connectivity index (χ1n) is 10.3. The average Bonchev–Trinajstić information content (AvgIpc) is 3.47. The topological polar surface area (TPSA) is 83.8 Å². The van der Waals surface area contributed by atoms with Crippen LogP contribution in [-0.4, -0.2) is 42.0 Å². The van der Waals surface area contributed by atoms with Gasteiger partial charge in [-0.25, -0.2) is 9.18 Å². The van der Waals surface area contributed by atoms with Gasteiger partial charge in [0.1, 0.15) is 5.82 Å². The molecule has 1 aromatic carbocycles. The lowest BCUT2D eigenvalue weighted by Gasteiger charge is -2.28. The van der Waals surface area contributed by atoms with Gasteiger partial charge in [-0.2, -0.15) is 0 Å². The number of carbonyl (C=O) groups is 1. The van der Waals surface area contributed by atoms with E-state index in [4.69, 9.17) is 5.11 Å². The zero-order valence-electron chi connectivity index (χ0n) is 16.7. The lowest BCUT2D eigenvalue weighted by Crippen LogP contribution is -2.39. The first-order chi connectivity index (χ1) is 14.5. The van der Waals surface area contributed by atoms with Gasteiger partial charge in [0.15, 0.2) is 5.75 Å². The van der Waals surface area contributed by atoms with Crippen molar-refractivity contribution >= 4 is 22.7 Å². The maximum atomic E-state index is 15.2. The summed E-state index contributed by atoms with van der Waals surface area (Å²) >= 11 is 0. The molecule has 3 unspecified atom stereocenters. The van der Waals surface area contributed by atoms with E-state index in [0.29, 0.717) is 29.1 Å². The predicted molar refractivity (Wildman–Crippen MR) is 111 cm³/mol. The third kappa shape index (κ3) is 3.15. The third-order valence-electron chi connectivity index (χ3n) is 6.62. The molecule has 3 aliphatic rings. The van der Waals surface area contributed by atoms with Gasteiger partial charge in [-0.3, -0.25) is 4.79 Å². The highest BCUT2D eigenvalue weighted by Crippen LogP contribution is 2.40. The Labute approximate surface area is 172 Å². The van der Waals surface area contributed by atoms with E-state index in [0.717, 1.165) is 32.4 Å². The number of anilines is 1. The summed E-state index contributed by atoms with van der Waals surface area (Å²) in [5.74, 6) is 0.0108. The van der Waals surface area contributed by atoms with E-state index in [1.807, 2.05) is 11.6 Å². The summed E-state index contributed by atoms with van der Waals surface area (Å²) in [5, 5.41) is 12.5. The Morgan fingerprint density at radius 2 is 2.10 bits per heavy atom. The van der Waals surface area contributed by atoms with E-state index in [1.54, 1.807) is 6.07 Å². The molecule has 7 nitrogen and oxygen atoms in total. The first-order valence-corrected chi connectivity index (χ1v) is 10.3. The van der Waals surface area contributed by atoms with Gasteiger partial charge in [-0.15, -0.1) is 0 Å². The number of fused-ring (bicyclic) bond motifs is 2. The molecule has 1 aliphatic heterocycles. The van der Waals surface area contributed by atoms with E-state index in [1.165, 1.54) is 12.3 Å². The number of aromatic nitrogens is 1. The fourth-order valence-corrected chi connectivity index (χ4v) is 4.98. The molecule has 1 aromatic heterocycles. The summed E-state index contributed by atoms with van der Waals surface area (Å²) in [6, 6.07) is 3.51. The minimum Gasteiger partial charge on any atom is -0.449 e. The Morgan fingerprint density at radius 3 is 2.80 bits per heavy atom. The maximum absolute atomic E-state index is 15.2. The monoisotopic (exact) mass is 413 g/mol. The summed E-state index contributed by atoms with van der Waals surface area (Å²) in [7, 11) is 1.96. The van der Waals surface area contributed by atoms with Gasteiger partial charge in [-0.1, -0.05) is 12.2 Å². The van der Waals surface area contributed by atoms with Crippen LogP contribution in [0, 0.1) is 17.7 Å². The standard InChI is InChI=1S/C22H24FN3O4/c1-24-17-4-2-3-12-9-25(10-15(12)17)19-8-18-14(7-16(19)23)21(27)20(30-22(28)29)11-26(18)13-5-6-13/h2-3,7-8,11-13,15,17,24H,4-6,9-10H2,1H3,(H,28,29). The molecule has 0 radical (unpaired) electrons. The lowest BCUT2D eigenvalue weighted by atomic mass is 9.83. The Kier molecular flexibility index (Phi) is 4.54. The minimum atomic E-state index is -1.56. The summed E-state index contributed by atoms with van der Waals surface area (Å²) in [6.07, 6.45) is 7.14. The Hall–Kier alpha value is -2.87. The van der Waals surface area contributed by atoms with E-state index >= 15 is 4.39 Å². The van der Waals surface area contributed by atoms with Crippen molar-refractivity contribution in [1.82, 2.24) is 9.88 Å². The van der Waals surface area contributed by atoms with Crippen molar-refractivity contribution in [3.63, 3.8) is 0 Å². The van der Waals surface area contributed by atoms with Crippen LogP contribution in [0.3, 0.4) is 0 Å². The maximum Gasteiger partial charge on any atom is 0.511 e. The summed E-state index contributed by atoms with van der Waals surface area (Å²) < 4.78 is 21.7. The smallest absolute Gasteiger partial charge is 0.449 e. The van der Waals surface area contributed by atoms with Crippen molar-refractivity contribution in [2.75, 3.05) is 25.0 Å². The number of hydrogen-bond acceptors (Lipinski definition) is 5. The fourth-order valence-electron chi connectivity index (χ4n) is 4.98. The van der Waals surface area contributed by atoms with Crippen molar-refractivity contribution in [3.05, 3.63) is 46.5 Å². The zero-order chi connectivity index (χ0) is 21.0. The summed E-state index contributed by atoms with van der Waals surface area (Å²) in [6.45, 7) is 1.48. The molecule has 0 spiro atoms. The Bertz CT molecular complexity index is 1110. The third-order valence-corrected chi connectivity index (χ3v) is 6.62. The van der Waals surface area contributed by atoms with Crippen LogP contribution in [0.2, 0.25) is 0 Å². The second-order valence-corrected chi connectivity index (χ2v) is 8.44. The van der Waals surface area contributed by atoms with Gasteiger partial charge in [0.05, 0.1) is 22.8 Å². The molecular weight excluding hydrogens is 389 g/mol. The number of carboxylic acid groups (broad SMARTS) is 1. The Morgan fingerprint density at radius 1 is 1.30 bits per heavy atom. The van der Waals surface area contributed by atoms with Crippen LogP contribution in [0.1, 0.15) is 25.3 Å². The molecular formula is C22H24FN3O4. The quantitative estimate of drug-likeness (QED) is 0.592. The number of pyridine rings is 1. The molecule has 158 valence electrons. The van der Waals surface area contributed by atoms with Crippen LogP contribution < -0.4 is 20.4 Å². The molecule has 2 fully saturated rings. The molecule has 1 saturated heterocycles. The van der Waals surface area contributed by atoms with Crippen molar-refractivity contribution < 1.29 is 19.0 Å². The van der Waals surface area contributed by atoms with Crippen molar-refractivity contribution in [2.24, 2.45) is 11.8 Å². The fraction of sp³-hybridized carbons (Fsp3) is 0.455. The second kappa shape index (κ2) is 7.12. The second-order valence-electron chi connectivity index (χ2n) is 8.44. The van der Waals surface area contributed by atoms with E-state index < -0.39 is 17.4 Å². The molecule has 30 heavy (non-hydrogen) atoms. The number of ether oxygens (including phenoxy) is 1. The normalized spacial score (nSPS) is 25.5. The number of rotatable bonds is 4. The molecule has 0 bridgehead atoms. The molecule has 2 N–H and O–H groups in total. The van der Waals surface area contributed by atoms with Crippen molar-refractivity contribution in [1.29, 1.82) is 0 Å². The molecule has 2 aromatic rings. The molecule has 1 saturated carbocycles. The lowest BCUT2D eigenvalue weighted by molar-refractivity contribution is 0.143. The summed E-state index contributed by atoms with van der Waals surface area (Å²) in [5.41, 5.74) is 0.496.